The van der Waals surface area contributed by atoms with Crippen molar-refractivity contribution < 1.29 is 4.42 Å². The van der Waals surface area contributed by atoms with Gasteiger partial charge >= 0.3 is 0 Å². The molecule has 19 heavy (non-hydrogen) atoms. The highest BCUT2D eigenvalue weighted by Crippen LogP contribution is 2.40. The van der Waals surface area contributed by atoms with Gasteiger partial charge in [0.15, 0.2) is 0 Å². The van der Waals surface area contributed by atoms with Crippen molar-refractivity contribution in [1.29, 1.82) is 0 Å². The standard InChI is InChI=1S/C15H20O.C3H8/c1-11-7-5-6-8-13(15(2,3)4)14-12(11)9-10-16-14;1-3-2/h5-6,8-11H,7H2,1-4H3;3H2,1-2H3/b6-5-,13-8+;. The van der Waals surface area contributed by atoms with E-state index in [9.17, 15) is 0 Å². The minimum absolute atomic E-state index is 0.119. The quantitative estimate of drug-likeness (QED) is 0.542. The summed E-state index contributed by atoms with van der Waals surface area (Å²) in [5.41, 5.74) is 2.74. The van der Waals surface area contributed by atoms with Gasteiger partial charge in [-0.05, 0) is 23.8 Å². The zero-order valence-corrected chi connectivity index (χ0v) is 13.3. The lowest BCUT2D eigenvalue weighted by Gasteiger charge is -2.24. The number of hydrogen-bond acceptors (Lipinski definition) is 1. The van der Waals surface area contributed by atoms with Gasteiger partial charge in [-0.2, -0.15) is 0 Å². The third-order valence-corrected chi connectivity index (χ3v) is 3.17. The molecule has 0 saturated carbocycles. The molecule has 0 N–H and O–H groups in total. The Bertz CT molecular complexity index is 441. The van der Waals surface area contributed by atoms with Crippen LogP contribution in [0, 0.1) is 5.41 Å². The van der Waals surface area contributed by atoms with Gasteiger partial charge in [0.1, 0.15) is 5.76 Å². The first-order chi connectivity index (χ1) is 8.91. The third-order valence-electron chi connectivity index (χ3n) is 3.17. The second-order valence-electron chi connectivity index (χ2n) is 6.31. The molecular formula is C18H28O. The molecule has 0 fully saturated rings. The molecule has 1 heteroatoms. The van der Waals surface area contributed by atoms with Gasteiger partial charge in [-0.25, -0.2) is 0 Å². The molecule has 1 aromatic heterocycles. The minimum Gasteiger partial charge on any atom is -0.464 e. The Kier molecular flexibility index (Phi) is 5.65. The largest absolute Gasteiger partial charge is 0.464 e. The van der Waals surface area contributed by atoms with Crippen LogP contribution in [0.5, 0.6) is 0 Å². The van der Waals surface area contributed by atoms with E-state index in [2.05, 4.69) is 65.8 Å². The molecule has 2 rings (SSSR count). The fourth-order valence-electron chi connectivity index (χ4n) is 2.17. The van der Waals surface area contributed by atoms with Crippen molar-refractivity contribution >= 4 is 5.57 Å². The summed E-state index contributed by atoms with van der Waals surface area (Å²) >= 11 is 0. The van der Waals surface area contributed by atoms with Crippen molar-refractivity contribution in [1.82, 2.24) is 0 Å². The summed E-state index contributed by atoms with van der Waals surface area (Å²) < 4.78 is 5.70. The lowest BCUT2D eigenvalue weighted by molar-refractivity contribution is 0.498. The summed E-state index contributed by atoms with van der Waals surface area (Å²) in [5, 5.41) is 0. The number of rotatable bonds is 0. The lowest BCUT2D eigenvalue weighted by Crippen LogP contribution is -2.10. The minimum atomic E-state index is 0.119. The van der Waals surface area contributed by atoms with Crippen molar-refractivity contribution in [3.05, 3.63) is 41.9 Å². The summed E-state index contributed by atoms with van der Waals surface area (Å²) in [5.74, 6) is 1.61. The van der Waals surface area contributed by atoms with Crippen LogP contribution in [0.15, 0.2) is 35.0 Å². The first-order valence-corrected chi connectivity index (χ1v) is 7.36. The molecule has 1 nitrogen and oxygen atoms in total. The maximum Gasteiger partial charge on any atom is 0.133 e. The first-order valence-electron chi connectivity index (χ1n) is 7.36. The van der Waals surface area contributed by atoms with Crippen molar-refractivity contribution in [3.8, 4) is 0 Å². The van der Waals surface area contributed by atoms with E-state index in [1.54, 1.807) is 0 Å². The number of hydrogen-bond donors (Lipinski definition) is 0. The van der Waals surface area contributed by atoms with Gasteiger partial charge in [0.25, 0.3) is 0 Å². The van der Waals surface area contributed by atoms with Crippen molar-refractivity contribution in [2.45, 2.75) is 60.3 Å². The van der Waals surface area contributed by atoms with Crippen LogP contribution in [-0.4, -0.2) is 0 Å². The zero-order valence-electron chi connectivity index (χ0n) is 13.3. The van der Waals surface area contributed by atoms with Crippen LogP contribution < -0.4 is 0 Å². The molecule has 1 aliphatic carbocycles. The van der Waals surface area contributed by atoms with Crippen molar-refractivity contribution in [3.63, 3.8) is 0 Å². The van der Waals surface area contributed by atoms with Crippen LogP contribution in [0.4, 0.5) is 0 Å². The fourth-order valence-corrected chi connectivity index (χ4v) is 2.17. The van der Waals surface area contributed by atoms with Gasteiger partial charge in [0.05, 0.1) is 6.26 Å². The van der Waals surface area contributed by atoms with Gasteiger partial charge in [-0.15, -0.1) is 0 Å². The summed E-state index contributed by atoms with van der Waals surface area (Å²) in [6, 6.07) is 2.11. The maximum atomic E-state index is 5.70. The number of furan rings is 1. The van der Waals surface area contributed by atoms with Crippen LogP contribution in [0.25, 0.3) is 5.57 Å². The van der Waals surface area contributed by atoms with E-state index in [0.29, 0.717) is 5.92 Å². The maximum absolute atomic E-state index is 5.70. The van der Waals surface area contributed by atoms with Crippen LogP contribution in [0.2, 0.25) is 0 Å². The van der Waals surface area contributed by atoms with Crippen LogP contribution in [-0.2, 0) is 0 Å². The lowest BCUT2D eigenvalue weighted by atomic mass is 9.81. The van der Waals surface area contributed by atoms with E-state index in [0.717, 1.165) is 12.2 Å². The van der Waals surface area contributed by atoms with Crippen LogP contribution >= 0.6 is 0 Å². The molecule has 0 amide bonds. The molecule has 0 spiro atoms. The van der Waals surface area contributed by atoms with Gasteiger partial charge in [-0.3, -0.25) is 0 Å². The van der Waals surface area contributed by atoms with Crippen LogP contribution in [0.1, 0.15) is 71.6 Å². The van der Waals surface area contributed by atoms with E-state index < -0.39 is 0 Å². The highest BCUT2D eigenvalue weighted by molar-refractivity contribution is 5.70. The molecule has 0 aliphatic heterocycles. The highest BCUT2D eigenvalue weighted by atomic mass is 16.3. The van der Waals surface area contributed by atoms with Gasteiger partial charge in [0.2, 0.25) is 0 Å². The number of fused-ring (bicyclic) bond motifs is 1. The molecule has 0 saturated heterocycles. The predicted octanol–water partition coefficient (Wildman–Crippen LogP) is 6.19. The van der Waals surface area contributed by atoms with E-state index in [4.69, 9.17) is 4.42 Å². The Morgan fingerprint density at radius 2 is 1.89 bits per heavy atom. The molecule has 0 radical (unpaired) electrons. The molecule has 1 atom stereocenters. The van der Waals surface area contributed by atoms with Crippen molar-refractivity contribution in [2.75, 3.05) is 0 Å². The van der Waals surface area contributed by atoms with Gasteiger partial charge in [0, 0.05) is 11.1 Å². The first kappa shape index (κ1) is 15.8. The van der Waals surface area contributed by atoms with E-state index >= 15 is 0 Å². The Hall–Kier alpha value is -1.24. The zero-order chi connectivity index (χ0) is 14.5. The topological polar surface area (TPSA) is 13.1 Å². The third kappa shape index (κ3) is 4.12. The molecular weight excluding hydrogens is 232 g/mol. The average Bonchev–Trinajstić information content (AvgIpc) is 2.73. The second-order valence-corrected chi connectivity index (χ2v) is 6.31. The van der Waals surface area contributed by atoms with Crippen molar-refractivity contribution in [2.24, 2.45) is 5.41 Å². The molecule has 0 aromatic carbocycles. The Morgan fingerprint density at radius 1 is 1.26 bits per heavy atom. The molecule has 1 heterocycles. The molecule has 1 aliphatic rings. The van der Waals surface area contributed by atoms with Gasteiger partial charge in [-0.1, -0.05) is 66.2 Å². The van der Waals surface area contributed by atoms with Gasteiger partial charge < -0.3 is 4.42 Å². The van der Waals surface area contributed by atoms with E-state index in [-0.39, 0.29) is 5.41 Å². The molecule has 1 unspecified atom stereocenters. The fraction of sp³-hybridized carbons (Fsp3) is 0.556. The Morgan fingerprint density at radius 3 is 2.47 bits per heavy atom. The summed E-state index contributed by atoms with van der Waals surface area (Å²) in [6.07, 6.45) is 10.7. The smallest absolute Gasteiger partial charge is 0.133 e. The highest BCUT2D eigenvalue weighted by Gasteiger charge is 2.25. The van der Waals surface area contributed by atoms with Crippen LogP contribution in [0.3, 0.4) is 0 Å². The number of allylic oxidation sites excluding steroid dienone is 4. The Labute approximate surface area is 118 Å². The predicted molar refractivity (Wildman–Crippen MR) is 84.3 cm³/mol. The van der Waals surface area contributed by atoms with E-state index in [1.165, 1.54) is 17.6 Å². The van der Waals surface area contributed by atoms with E-state index in [1.807, 2.05) is 6.26 Å². The summed E-state index contributed by atoms with van der Waals surface area (Å²) in [6.45, 7) is 13.2. The summed E-state index contributed by atoms with van der Waals surface area (Å²) in [4.78, 5) is 0. The summed E-state index contributed by atoms with van der Waals surface area (Å²) in [7, 11) is 0. The normalized spacial score (nSPS) is 23.1. The monoisotopic (exact) mass is 260 g/mol. The average molecular weight is 260 g/mol. The SMILES string of the molecule is CC1C/C=C\C=C(\C(C)(C)C)c2occc21.CCC. The second kappa shape index (κ2) is 6.79. The Balaban J connectivity index is 0.000000550. The molecule has 106 valence electrons. The molecule has 1 aromatic rings. The molecule has 0 bridgehead atoms.